The molecule has 0 bridgehead atoms. The average molecular weight is 733 g/mol. The normalized spacial score (nSPS) is 15.9. The summed E-state index contributed by atoms with van der Waals surface area (Å²) in [7, 11) is 1.28. The van der Waals surface area contributed by atoms with Crippen LogP contribution in [0, 0.1) is 0 Å². The van der Waals surface area contributed by atoms with Crippen molar-refractivity contribution in [1.82, 2.24) is 0 Å². The lowest BCUT2D eigenvalue weighted by Crippen LogP contribution is -2.33. The molecule has 0 aliphatic carbocycles. The van der Waals surface area contributed by atoms with Crippen molar-refractivity contribution in [3.8, 4) is 46.0 Å². The zero-order valence-corrected chi connectivity index (χ0v) is 27.6. The van der Waals surface area contributed by atoms with Crippen molar-refractivity contribution in [2.45, 2.75) is 37.1 Å². The number of methoxy groups -OCH3 is 1. The number of phenolic OH excluding ortho intramolecular Hbond substituents is 6. The Morgan fingerprint density at radius 2 is 1.25 bits per heavy atom. The van der Waals surface area contributed by atoms with Gasteiger partial charge in [-0.2, -0.15) is 0 Å². The topological polar surface area (TPSA) is 267 Å². The second-order valence-electron chi connectivity index (χ2n) is 11.8. The molecule has 16 nitrogen and oxygen atoms in total. The second kappa shape index (κ2) is 15.4. The molecule has 0 saturated heterocycles. The second-order valence-corrected chi connectivity index (χ2v) is 11.8. The Labute approximate surface area is 299 Å². The van der Waals surface area contributed by atoms with Crippen molar-refractivity contribution in [2.75, 3.05) is 7.11 Å². The van der Waals surface area contributed by atoms with E-state index in [-0.39, 0.29) is 51.5 Å². The number of carbonyl (C=O) groups excluding carboxylic acids is 2. The van der Waals surface area contributed by atoms with Crippen molar-refractivity contribution in [1.29, 1.82) is 0 Å². The summed E-state index contributed by atoms with van der Waals surface area (Å²) in [5.74, 6) is -9.73. The minimum atomic E-state index is -1.82. The van der Waals surface area contributed by atoms with Gasteiger partial charge < -0.3 is 59.8 Å². The van der Waals surface area contributed by atoms with Crippen LogP contribution in [0.5, 0.6) is 46.0 Å². The van der Waals surface area contributed by atoms with E-state index in [1.807, 2.05) is 0 Å². The summed E-state index contributed by atoms with van der Waals surface area (Å²) in [4.78, 5) is 51.1. The molecule has 0 aromatic heterocycles. The van der Waals surface area contributed by atoms with Crippen molar-refractivity contribution in [2.24, 2.45) is 0 Å². The Morgan fingerprint density at radius 3 is 1.79 bits per heavy atom. The van der Waals surface area contributed by atoms with E-state index in [2.05, 4.69) is 0 Å². The molecular weight excluding hydrogens is 700 g/mol. The van der Waals surface area contributed by atoms with E-state index in [0.29, 0.717) is 0 Å². The molecule has 4 aromatic carbocycles. The number of aromatic hydroxyl groups is 6. The number of aliphatic carboxylic acids is 2. The summed E-state index contributed by atoms with van der Waals surface area (Å²) in [6.07, 6.45) is -3.64. The summed E-state index contributed by atoms with van der Waals surface area (Å²) in [6.45, 7) is 0. The van der Waals surface area contributed by atoms with Gasteiger partial charge in [-0.15, -0.1) is 0 Å². The first-order valence-corrected chi connectivity index (χ1v) is 15.6. The number of fused-ring (bicyclic) bond motifs is 1. The number of carbonyl (C=O) groups is 4. The van der Waals surface area contributed by atoms with Gasteiger partial charge in [0.2, 0.25) is 12.2 Å². The van der Waals surface area contributed by atoms with Gasteiger partial charge in [0, 0.05) is 24.5 Å². The fourth-order valence-corrected chi connectivity index (χ4v) is 5.64. The first-order valence-electron chi connectivity index (χ1n) is 15.6. The molecule has 0 spiro atoms. The van der Waals surface area contributed by atoms with Gasteiger partial charge in [-0.1, -0.05) is 24.3 Å². The highest BCUT2D eigenvalue weighted by Gasteiger charge is 2.46. The third-order valence-electron chi connectivity index (χ3n) is 8.24. The molecule has 1 aliphatic rings. The number of carboxylic acids is 2. The molecule has 4 unspecified atom stereocenters. The first-order chi connectivity index (χ1) is 25.2. The lowest BCUT2D eigenvalue weighted by atomic mass is 9.87. The zero-order valence-electron chi connectivity index (χ0n) is 27.6. The van der Waals surface area contributed by atoms with Crippen LogP contribution < -0.4 is 9.47 Å². The third-order valence-corrected chi connectivity index (χ3v) is 8.24. The van der Waals surface area contributed by atoms with Crippen LogP contribution >= 0.6 is 0 Å². The van der Waals surface area contributed by atoms with E-state index in [0.717, 1.165) is 36.4 Å². The van der Waals surface area contributed by atoms with Gasteiger partial charge in [0.1, 0.15) is 12.0 Å². The maximum atomic E-state index is 14.0. The standard InChI is InChI=1S/C37H32O16/c1-50-27-16-20(5-9-23(27)40)33-32(37(49)52-29(36(47)48)15-18-3-8-22(39)26(43)13-18)31-19(4-10-24(41)34(31)53-33)6-11-30(44)51-28(35(45)46)14-17-2-7-21(38)25(42)12-17/h2-13,16,28-29,32-33,38-43H,14-15H2,1H3,(H,45,46)(H,47,48). The van der Waals surface area contributed by atoms with Gasteiger partial charge in [0.25, 0.3) is 0 Å². The number of hydrogen-bond acceptors (Lipinski definition) is 14. The van der Waals surface area contributed by atoms with E-state index in [1.54, 1.807) is 0 Å². The highest BCUT2D eigenvalue weighted by Crippen LogP contribution is 2.53. The SMILES string of the molecule is COc1cc(C2Oc3c(O)ccc(C=CC(=O)OC(Cc4ccc(O)c(O)c4)C(=O)O)c3C2C(=O)OC(Cc2ccc(O)c(O)c2)C(=O)O)ccc1O. The van der Waals surface area contributed by atoms with Gasteiger partial charge in [0.05, 0.1) is 7.11 Å². The smallest absolute Gasteiger partial charge is 0.345 e. The predicted molar refractivity (Wildman–Crippen MR) is 180 cm³/mol. The van der Waals surface area contributed by atoms with E-state index in [4.69, 9.17) is 18.9 Å². The quantitative estimate of drug-likeness (QED) is 0.0554. The minimum Gasteiger partial charge on any atom is -0.504 e. The van der Waals surface area contributed by atoms with Crippen molar-refractivity contribution >= 4 is 30.0 Å². The van der Waals surface area contributed by atoms with Crippen LogP contribution in [0.25, 0.3) is 6.08 Å². The van der Waals surface area contributed by atoms with Gasteiger partial charge >= 0.3 is 23.9 Å². The Balaban J connectivity index is 1.49. The molecule has 1 aliphatic heterocycles. The van der Waals surface area contributed by atoms with E-state index in [9.17, 15) is 60.0 Å². The van der Waals surface area contributed by atoms with Crippen molar-refractivity contribution in [3.63, 3.8) is 0 Å². The number of phenols is 6. The monoisotopic (exact) mass is 732 g/mol. The van der Waals surface area contributed by atoms with Crippen LogP contribution in [-0.2, 0) is 41.5 Å². The number of carboxylic acid groups (broad SMARTS) is 2. The Hall–Kier alpha value is -7.10. The lowest BCUT2D eigenvalue weighted by Gasteiger charge is -2.22. The molecule has 53 heavy (non-hydrogen) atoms. The van der Waals surface area contributed by atoms with Gasteiger partial charge in [-0.25, -0.2) is 14.4 Å². The summed E-state index contributed by atoms with van der Waals surface area (Å²) >= 11 is 0. The zero-order chi connectivity index (χ0) is 38.6. The van der Waals surface area contributed by atoms with Gasteiger partial charge in [-0.3, -0.25) is 4.79 Å². The van der Waals surface area contributed by atoms with Crippen LogP contribution in [0.15, 0.2) is 72.8 Å². The highest BCUT2D eigenvalue weighted by molar-refractivity contribution is 5.92. The Morgan fingerprint density at radius 1 is 0.698 bits per heavy atom. The lowest BCUT2D eigenvalue weighted by molar-refractivity contribution is -0.166. The molecule has 276 valence electrons. The fourth-order valence-electron chi connectivity index (χ4n) is 5.64. The average Bonchev–Trinajstić information content (AvgIpc) is 3.52. The number of hydrogen-bond donors (Lipinski definition) is 8. The number of ether oxygens (including phenoxy) is 4. The molecular formula is C37H32O16. The molecule has 4 atom stereocenters. The molecule has 4 aromatic rings. The largest absolute Gasteiger partial charge is 0.504 e. The molecule has 8 N–H and O–H groups in total. The van der Waals surface area contributed by atoms with Crippen LogP contribution in [-0.4, -0.2) is 84.0 Å². The molecule has 0 fully saturated rings. The van der Waals surface area contributed by atoms with Crippen molar-refractivity contribution < 1.29 is 79.0 Å². The van der Waals surface area contributed by atoms with Crippen LogP contribution in [0.1, 0.15) is 39.8 Å². The summed E-state index contributed by atoms with van der Waals surface area (Å²) in [5, 5.41) is 79.5. The van der Waals surface area contributed by atoms with Crippen LogP contribution in [0.4, 0.5) is 0 Å². The summed E-state index contributed by atoms with van der Waals surface area (Å²) in [5.41, 5.74) is 0.696. The van der Waals surface area contributed by atoms with E-state index in [1.165, 1.54) is 49.6 Å². The van der Waals surface area contributed by atoms with E-state index >= 15 is 0 Å². The molecule has 0 saturated carbocycles. The summed E-state index contributed by atoms with van der Waals surface area (Å²) in [6, 6.07) is 13.6. The molecule has 5 rings (SSSR count). The fraction of sp³-hybridized carbons (Fsp3) is 0.189. The molecule has 1 heterocycles. The summed E-state index contributed by atoms with van der Waals surface area (Å²) < 4.78 is 21.9. The molecule has 0 amide bonds. The maximum absolute atomic E-state index is 14.0. The van der Waals surface area contributed by atoms with Crippen LogP contribution in [0.3, 0.4) is 0 Å². The number of benzene rings is 4. The Bertz CT molecular complexity index is 2100. The third kappa shape index (κ3) is 8.28. The van der Waals surface area contributed by atoms with E-state index < -0.39 is 83.3 Å². The molecule has 0 radical (unpaired) electrons. The highest BCUT2D eigenvalue weighted by atomic mass is 16.6. The number of rotatable bonds is 13. The minimum absolute atomic E-state index is 0.00712. The maximum Gasteiger partial charge on any atom is 0.345 e. The van der Waals surface area contributed by atoms with Gasteiger partial charge in [-0.05, 0) is 70.8 Å². The van der Waals surface area contributed by atoms with Crippen molar-refractivity contribution in [3.05, 3.63) is 101 Å². The van der Waals surface area contributed by atoms with Gasteiger partial charge in [0.15, 0.2) is 46.0 Å². The first kappa shape index (κ1) is 37.2. The predicted octanol–water partition coefficient (Wildman–Crippen LogP) is 3.64. The Kier molecular flexibility index (Phi) is 10.8. The van der Waals surface area contributed by atoms with Crippen LogP contribution in [0.2, 0.25) is 0 Å². The number of esters is 2. The molecule has 16 heteroatoms.